The van der Waals surface area contributed by atoms with Crippen LogP contribution in [0.15, 0.2) is 18.2 Å². The Labute approximate surface area is 123 Å². The SMILES string of the molecule is O=C(O)[C@@H]1CCCN(C(=O)c2ccc(F)cc2I)C1. The molecule has 0 aromatic heterocycles. The third-order valence-corrected chi connectivity index (χ3v) is 4.11. The molecule has 1 aliphatic rings. The molecule has 6 heteroatoms. The van der Waals surface area contributed by atoms with Gasteiger partial charge in [-0.15, -0.1) is 0 Å². The highest BCUT2D eigenvalue weighted by atomic mass is 127. The van der Waals surface area contributed by atoms with Crippen molar-refractivity contribution < 1.29 is 19.1 Å². The summed E-state index contributed by atoms with van der Waals surface area (Å²) in [6.45, 7) is 0.775. The lowest BCUT2D eigenvalue weighted by Gasteiger charge is -2.31. The normalized spacial score (nSPS) is 19.3. The first-order valence-corrected chi connectivity index (χ1v) is 7.04. The van der Waals surface area contributed by atoms with E-state index in [0.717, 1.165) is 0 Å². The molecule has 4 nitrogen and oxygen atoms in total. The molecule has 1 amide bonds. The third kappa shape index (κ3) is 3.23. The number of hydrogen-bond donors (Lipinski definition) is 1. The zero-order valence-electron chi connectivity index (χ0n) is 10.1. The Morgan fingerprint density at radius 1 is 1.42 bits per heavy atom. The number of rotatable bonds is 2. The maximum absolute atomic E-state index is 13.0. The quantitative estimate of drug-likeness (QED) is 0.806. The molecule has 1 fully saturated rings. The summed E-state index contributed by atoms with van der Waals surface area (Å²) >= 11 is 1.91. The van der Waals surface area contributed by atoms with Crippen molar-refractivity contribution >= 4 is 34.5 Å². The number of carboxylic acids is 1. The van der Waals surface area contributed by atoms with Gasteiger partial charge in [0.05, 0.1) is 11.5 Å². The predicted octanol–water partition coefficient (Wildman–Crippen LogP) is 2.37. The van der Waals surface area contributed by atoms with Gasteiger partial charge in [-0.05, 0) is 53.6 Å². The van der Waals surface area contributed by atoms with Crippen LogP contribution in [0.25, 0.3) is 0 Å². The lowest BCUT2D eigenvalue weighted by atomic mass is 9.97. The van der Waals surface area contributed by atoms with Crippen LogP contribution < -0.4 is 0 Å². The van der Waals surface area contributed by atoms with Crippen LogP contribution in [0.1, 0.15) is 23.2 Å². The van der Waals surface area contributed by atoms with Gasteiger partial charge >= 0.3 is 5.97 Å². The van der Waals surface area contributed by atoms with Crippen molar-refractivity contribution in [3.63, 3.8) is 0 Å². The van der Waals surface area contributed by atoms with Gasteiger partial charge in [0.15, 0.2) is 0 Å². The van der Waals surface area contributed by atoms with Crippen molar-refractivity contribution in [1.29, 1.82) is 0 Å². The van der Waals surface area contributed by atoms with Crippen molar-refractivity contribution in [1.82, 2.24) is 4.90 Å². The average Bonchev–Trinajstić information content (AvgIpc) is 2.38. The van der Waals surface area contributed by atoms with E-state index in [2.05, 4.69) is 0 Å². The van der Waals surface area contributed by atoms with Crippen LogP contribution in [-0.2, 0) is 4.79 Å². The summed E-state index contributed by atoms with van der Waals surface area (Å²) in [7, 11) is 0. The second kappa shape index (κ2) is 5.85. The van der Waals surface area contributed by atoms with Crippen LogP contribution in [0.5, 0.6) is 0 Å². The molecule has 2 rings (SSSR count). The lowest BCUT2D eigenvalue weighted by Crippen LogP contribution is -2.42. The molecule has 19 heavy (non-hydrogen) atoms. The van der Waals surface area contributed by atoms with Crippen LogP contribution in [0.4, 0.5) is 4.39 Å². The number of benzene rings is 1. The Kier molecular flexibility index (Phi) is 4.38. The zero-order valence-corrected chi connectivity index (χ0v) is 12.3. The molecule has 0 unspecified atom stereocenters. The van der Waals surface area contributed by atoms with Crippen molar-refractivity contribution in [3.05, 3.63) is 33.1 Å². The fourth-order valence-electron chi connectivity index (χ4n) is 2.20. The monoisotopic (exact) mass is 377 g/mol. The predicted molar refractivity (Wildman–Crippen MR) is 75.4 cm³/mol. The van der Waals surface area contributed by atoms with E-state index in [4.69, 9.17) is 5.11 Å². The van der Waals surface area contributed by atoms with E-state index >= 15 is 0 Å². The van der Waals surface area contributed by atoms with E-state index in [1.807, 2.05) is 22.6 Å². The van der Waals surface area contributed by atoms with E-state index in [1.54, 1.807) is 0 Å². The number of carbonyl (C=O) groups excluding carboxylic acids is 1. The maximum atomic E-state index is 13.0. The average molecular weight is 377 g/mol. The summed E-state index contributed by atoms with van der Waals surface area (Å²) in [5.41, 5.74) is 0.424. The minimum absolute atomic E-state index is 0.224. The summed E-state index contributed by atoms with van der Waals surface area (Å²) in [4.78, 5) is 24.8. The first-order valence-electron chi connectivity index (χ1n) is 5.96. The van der Waals surface area contributed by atoms with Gasteiger partial charge in [-0.2, -0.15) is 0 Å². The van der Waals surface area contributed by atoms with Gasteiger partial charge in [0.25, 0.3) is 5.91 Å². The van der Waals surface area contributed by atoms with Gasteiger partial charge in [-0.3, -0.25) is 9.59 Å². The second-order valence-corrected chi connectivity index (χ2v) is 5.71. The Morgan fingerprint density at radius 2 is 2.16 bits per heavy atom. The molecule has 0 spiro atoms. The molecular weight excluding hydrogens is 364 g/mol. The number of piperidine rings is 1. The molecule has 0 saturated carbocycles. The molecule has 1 saturated heterocycles. The number of halogens is 2. The van der Waals surface area contributed by atoms with Gasteiger partial charge in [-0.25, -0.2) is 4.39 Å². The van der Waals surface area contributed by atoms with Crippen LogP contribution >= 0.6 is 22.6 Å². The van der Waals surface area contributed by atoms with E-state index in [0.29, 0.717) is 28.5 Å². The topological polar surface area (TPSA) is 57.6 Å². The summed E-state index contributed by atoms with van der Waals surface area (Å²) in [6.07, 6.45) is 1.28. The molecule has 0 radical (unpaired) electrons. The summed E-state index contributed by atoms with van der Waals surface area (Å²) in [5, 5.41) is 9.01. The molecular formula is C13H13FINO3. The molecule has 1 aromatic rings. The molecule has 1 N–H and O–H groups in total. The molecule has 1 aliphatic heterocycles. The highest BCUT2D eigenvalue weighted by Gasteiger charge is 2.29. The Balaban J connectivity index is 2.17. The van der Waals surface area contributed by atoms with Crippen molar-refractivity contribution in [2.45, 2.75) is 12.8 Å². The van der Waals surface area contributed by atoms with Gasteiger partial charge < -0.3 is 10.0 Å². The highest BCUT2D eigenvalue weighted by molar-refractivity contribution is 14.1. The molecule has 1 atom stereocenters. The zero-order chi connectivity index (χ0) is 14.0. The van der Waals surface area contributed by atoms with Gasteiger partial charge in [0.2, 0.25) is 0 Å². The molecule has 0 bridgehead atoms. The number of carbonyl (C=O) groups is 2. The second-order valence-electron chi connectivity index (χ2n) is 4.55. The lowest BCUT2D eigenvalue weighted by molar-refractivity contribution is -0.143. The summed E-state index contributed by atoms with van der Waals surface area (Å²) < 4.78 is 13.6. The van der Waals surface area contributed by atoms with E-state index in [1.165, 1.54) is 23.1 Å². The number of amides is 1. The number of carboxylic acid groups (broad SMARTS) is 1. The Bertz CT molecular complexity index is 521. The first-order chi connectivity index (χ1) is 8.99. The fraction of sp³-hybridized carbons (Fsp3) is 0.385. The van der Waals surface area contributed by atoms with E-state index in [-0.39, 0.29) is 18.3 Å². The largest absolute Gasteiger partial charge is 0.481 e. The third-order valence-electron chi connectivity index (χ3n) is 3.22. The minimum Gasteiger partial charge on any atom is -0.481 e. The van der Waals surface area contributed by atoms with E-state index in [9.17, 15) is 14.0 Å². The van der Waals surface area contributed by atoms with Crippen molar-refractivity contribution in [2.75, 3.05) is 13.1 Å². The molecule has 1 heterocycles. The fourth-order valence-corrected chi connectivity index (χ4v) is 2.90. The number of nitrogens with zero attached hydrogens (tertiary/aromatic N) is 1. The van der Waals surface area contributed by atoms with Crippen LogP contribution in [-0.4, -0.2) is 35.0 Å². The van der Waals surface area contributed by atoms with Crippen molar-refractivity contribution in [2.24, 2.45) is 5.92 Å². The van der Waals surface area contributed by atoms with Crippen molar-refractivity contribution in [3.8, 4) is 0 Å². The Morgan fingerprint density at radius 3 is 2.79 bits per heavy atom. The summed E-state index contributed by atoms with van der Waals surface area (Å²) in [6, 6.07) is 3.99. The maximum Gasteiger partial charge on any atom is 0.308 e. The first kappa shape index (κ1) is 14.2. The summed E-state index contributed by atoms with van der Waals surface area (Å²) in [5.74, 6) is -1.99. The van der Waals surface area contributed by atoms with Gasteiger partial charge in [0.1, 0.15) is 5.82 Å². The number of aliphatic carboxylic acids is 1. The Hall–Kier alpha value is -1.18. The molecule has 102 valence electrons. The van der Waals surface area contributed by atoms with Crippen LogP contribution in [0.3, 0.4) is 0 Å². The van der Waals surface area contributed by atoms with Gasteiger partial charge in [0, 0.05) is 16.7 Å². The smallest absolute Gasteiger partial charge is 0.308 e. The molecule has 0 aliphatic carbocycles. The van der Waals surface area contributed by atoms with E-state index < -0.39 is 11.9 Å². The standard InChI is InChI=1S/C13H13FINO3/c14-9-3-4-10(11(15)6-9)12(17)16-5-1-2-8(7-16)13(18)19/h3-4,6,8H,1-2,5,7H2,(H,18,19)/t8-/m1/s1. The van der Waals surface area contributed by atoms with Crippen LogP contribution in [0.2, 0.25) is 0 Å². The molecule has 1 aromatic carbocycles. The van der Waals surface area contributed by atoms with Crippen LogP contribution in [0, 0.1) is 15.3 Å². The highest BCUT2D eigenvalue weighted by Crippen LogP contribution is 2.21. The van der Waals surface area contributed by atoms with Gasteiger partial charge in [-0.1, -0.05) is 0 Å². The minimum atomic E-state index is -0.869. The number of hydrogen-bond acceptors (Lipinski definition) is 2. The number of likely N-dealkylation sites (tertiary alicyclic amines) is 1.